The Labute approximate surface area is 62.4 Å². The van der Waals surface area contributed by atoms with Gasteiger partial charge in [-0.25, -0.2) is 0 Å². The zero-order valence-corrected chi connectivity index (χ0v) is 6.45. The fourth-order valence-corrected chi connectivity index (χ4v) is 1.76. The third kappa shape index (κ3) is 2.34. The highest BCUT2D eigenvalue weighted by Crippen LogP contribution is 2.15. The van der Waals surface area contributed by atoms with Gasteiger partial charge in [0.15, 0.2) is 0 Å². The molecule has 0 saturated carbocycles. The van der Waals surface area contributed by atoms with Gasteiger partial charge in [-0.15, -0.1) is 11.3 Å². The fourth-order valence-electron chi connectivity index (χ4n) is 0.464. The maximum absolute atomic E-state index is 10.1. The number of hydrogen-bond donors (Lipinski definition) is 2. The molecule has 1 aromatic rings. The van der Waals surface area contributed by atoms with E-state index in [-0.39, 0.29) is 0 Å². The van der Waals surface area contributed by atoms with Crippen molar-refractivity contribution in [2.24, 2.45) is 0 Å². The molecule has 1 heterocycles. The Hall–Kier alpha value is -0.590. The summed E-state index contributed by atoms with van der Waals surface area (Å²) in [6.07, 6.45) is 0. The molecule has 0 bridgehead atoms. The lowest BCUT2D eigenvalue weighted by molar-refractivity contribution is 0.490. The number of rotatable bonds is 2. The van der Waals surface area contributed by atoms with Crippen LogP contribution in [0.1, 0.15) is 0 Å². The van der Waals surface area contributed by atoms with Crippen molar-refractivity contribution >= 4 is 26.6 Å². The Morgan fingerprint density at radius 3 is 2.70 bits per heavy atom. The van der Waals surface area contributed by atoms with Crippen LogP contribution in [0.4, 0.5) is 5.00 Å². The summed E-state index contributed by atoms with van der Waals surface area (Å²) < 4.78 is 30.5. The van der Waals surface area contributed by atoms with Crippen molar-refractivity contribution < 1.29 is 13.0 Å². The van der Waals surface area contributed by atoms with E-state index in [9.17, 15) is 8.42 Å². The van der Waals surface area contributed by atoms with E-state index < -0.39 is 10.3 Å². The molecular weight excluding hydrogens is 174 g/mol. The molecule has 0 aromatic carbocycles. The van der Waals surface area contributed by atoms with Crippen molar-refractivity contribution in [3.05, 3.63) is 17.5 Å². The molecule has 0 amide bonds. The number of hydrogen-bond acceptors (Lipinski definition) is 3. The van der Waals surface area contributed by atoms with Gasteiger partial charge in [0.05, 0.1) is 0 Å². The minimum absolute atomic E-state index is 0.405. The lowest BCUT2D eigenvalue weighted by atomic mass is 10.6. The van der Waals surface area contributed by atoms with Gasteiger partial charge in [0.2, 0.25) is 0 Å². The molecule has 4 nitrogen and oxygen atoms in total. The molecule has 0 spiro atoms. The molecule has 0 aliphatic carbocycles. The van der Waals surface area contributed by atoms with Crippen LogP contribution in [-0.2, 0) is 10.3 Å². The maximum atomic E-state index is 10.1. The van der Waals surface area contributed by atoms with Crippen molar-refractivity contribution in [2.75, 3.05) is 4.72 Å². The Kier molecular flexibility index (Phi) is 1.93. The Bertz CT molecular complexity index is 288. The van der Waals surface area contributed by atoms with Crippen LogP contribution in [0.15, 0.2) is 17.5 Å². The van der Waals surface area contributed by atoms with Crippen molar-refractivity contribution in [2.45, 2.75) is 0 Å². The van der Waals surface area contributed by atoms with E-state index in [2.05, 4.69) is 0 Å². The number of thiophene rings is 1. The van der Waals surface area contributed by atoms with Gasteiger partial charge < -0.3 is 0 Å². The summed E-state index contributed by atoms with van der Waals surface area (Å²) in [4.78, 5) is 0. The molecule has 0 fully saturated rings. The van der Waals surface area contributed by atoms with Gasteiger partial charge in [0.25, 0.3) is 0 Å². The molecule has 0 radical (unpaired) electrons. The molecule has 6 heteroatoms. The minimum Gasteiger partial charge on any atom is -0.269 e. The van der Waals surface area contributed by atoms with Crippen molar-refractivity contribution in [1.29, 1.82) is 0 Å². The van der Waals surface area contributed by atoms with Crippen molar-refractivity contribution in [3.63, 3.8) is 0 Å². The van der Waals surface area contributed by atoms with Crippen LogP contribution in [0, 0.1) is 0 Å². The first kappa shape index (κ1) is 7.52. The van der Waals surface area contributed by atoms with Gasteiger partial charge in [-0.2, -0.15) is 8.42 Å². The van der Waals surface area contributed by atoms with Crippen molar-refractivity contribution in [1.82, 2.24) is 0 Å². The first-order chi connectivity index (χ1) is 4.58. The van der Waals surface area contributed by atoms with Crippen LogP contribution in [0.2, 0.25) is 0 Å². The van der Waals surface area contributed by atoms with E-state index in [1.807, 2.05) is 4.72 Å². The van der Waals surface area contributed by atoms with Crippen molar-refractivity contribution in [3.8, 4) is 0 Å². The van der Waals surface area contributed by atoms with Gasteiger partial charge in [-0.1, -0.05) is 0 Å². The summed E-state index contributed by atoms with van der Waals surface area (Å²) >= 11 is 1.20. The monoisotopic (exact) mass is 179 g/mol. The smallest absolute Gasteiger partial charge is 0.269 e. The summed E-state index contributed by atoms with van der Waals surface area (Å²) in [5.41, 5.74) is 0. The molecule has 0 aliphatic rings. The molecular formula is C4H5NO3S2. The fraction of sp³-hybridized carbons (Fsp3) is 0. The molecule has 0 unspecified atom stereocenters. The second-order valence-electron chi connectivity index (χ2n) is 1.55. The predicted molar refractivity (Wildman–Crippen MR) is 39.5 cm³/mol. The van der Waals surface area contributed by atoms with Gasteiger partial charge in [-0.05, 0) is 17.5 Å². The topological polar surface area (TPSA) is 66.4 Å². The van der Waals surface area contributed by atoms with Crippen LogP contribution in [-0.4, -0.2) is 13.0 Å². The van der Waals surface area contributed by atoms with E-state index in [0.717, 1.165) is 0 Å². The van der Waals surface area contributed by atoms with E-state index >= 15 is 0 Å². The first-order valence-corrected chi connectivity index (χ1v) is 4.68. The third-order valence-electron chi connectivity index (χ3n) is 0.751. The van der Waals surface area contributed by atoms with E-state index in [0.29, 0.717) is 5.00 Å². The molecule has 56 valence electrons. The highest BCUT2D eigenvalue weighted by atomic mass is 32.2. The molecule has 1 aromatic heterocycles. The van der Waals surface area contributed by atoms with Crippen LogP contribution < -0.4 is 4.72 Å². The van der Waals surface area contributed by atoms with Crippen LogP contribution >= 0.6 is 11.3 Å². The Balaban J connectivity index is 2.75. The highest BCUT2D eigenvalue weighted by molar-refractivity contribution is 7.87. The zero-order chi connectivity index (χ0) is 7.61. The number of anilines is 1. The predicted octanol–water partition coefficient (Wildman–Crippen LogP) is 0.963. The molecule has 0 aliphatic heterocycles. The molecule has 10 heavy (non-hydrogen) atoms. The zero-order valence-electron chi connectivity index (χ0n) is 4.81. The largest absolute Gasteiger partial charge is 0.358 e. The average Bonchev–Trinajstić information content (AvgIpc) is 2.12. The summed E-state index contributed by atoms with van der Waals surface area (Å²) in [6, 6.07) is 3.23. The molecule has 0 atom stereocenters. The highest BCUT2D eigenvalue weighted by Gasteiger charge is 2.02. The minimum atomic E-state index is -4.09. The van der Waals surface area contributed by atoms with Crippen LogP contribution in [0.25, 0.3) is 0 Å². The Morgan fingerprint density at radius 1 is 1.60 bits per heavy atom. The standard InChI is InChI=1S/C4H5NO3S2/c6-10(7,8)5-4-2-1-3-9-4/h1-3,5H,(H,6,7,8). The number of nitrogens with one attached hydrogen (secondary N) is 1. The molecule has 2 N–H and O–H groups in total. The quantitative estimate of drug-likeness (QED) is 0.664. The lowest BCUT2D eigenvalue weighted by Gasteiger charge is -1.94. The average molecular weight is 179 g/mol. The van der Waals surface area contributed by atoms with Gasteiger partial charge in [0, 0.05) is 0 Å². The summed E-state index contributed by atoms with van der Waals surface area (Å²) in [7, 11) is -4.09. The summed E-state index contributed by atoms with van der Waals surface area (Å²) in [5.74, 6) is 0. The van der Waals surface area contributed by atoms with Gasteiger partial charge in [0.1, 0.15) is 5.00 Å². The molecule has 0 saturated heterocycles. The van der Waals surface area contributed by atoms with E-state index in [1.165, 1.54) is 11.3 Å². The summed E-state index contributed by atoms with van der Waals surface area (Å²) in [5, 5.41) is 2.11. The van der Waals surface area contributed by atoms with E-state index in [4.69, 9.17) is 4.55 Å². The van der Waals surface area contributed by atoms with Crippen LogP contribution in [0.3, 0.4) is 0 Å². The maximum Gasteiger partial charge on any atom is 0.358 e. The van der Waals surface area contributed by atoms with Gasteiger partial charge >= 0.3 is 10.3 Å². The SMILES string of the molecule is O=S(=O)(O)Nc1cccs1. The lowest BCUT2D eigenvalue weighted by Crippen LogP contribution is -2.08. The first-order valence-electron chi connectivity index (χ1n) is 2.37. The van der Waals surface area contributed by atoms with Crippen LogP contribution in [0.5, 0.6) is 0 Å². The second-order valence-corrected chi connectivity index (χ2v) is 3.66. The normalized spacial score (nSPS) is 11.3. The molecule has 1 rings (SSSR count). The van der Waals surface area contributed by atoms with E-state index in [1.54, 1.807) is 17.5 Å². The summed E-state index contributed by atoms with van der Waals surface area (Å²) in [6.45, 7) is 0. The third-order valence-corrected chi connectivity index (χ3v) is 2.14. The van der Waals surface area contributed by atoms with Gasteiger partial charge in [-0.3, -0.25) is 9.27 Å². The second kappa shape index (κ2) is 2.57. The Morgan fingerprint density at radius 2 is 2.30 bits per heavy atom.